The van der Waals surface area contributed by atoms with Crippen LogP contribution in [-0.2, 0) is 6.54 Å². The molecule has 1 nitrogen and oxygen atoms in total. The van der Waals surface area contributed by atoms with Crippen LogP contribution in [0.25, 0.3) is 0 Å². The lowest BCUT2D eigenvalue weighted by atomic mass is 10.1. The summed E-state index contributed by atoms with van der Waals surface area (Å²) in [5, 5.41) is 3.92. The summed E-state index contributed by atoms with van der Waals surface area (Å²) in [6.45, 7) is 2.60. The topological polar surface area (TPSA) is 12.0 Å². The Kier molecular flexibility index (Phi) is 4.97. The van der Waals surface area contributed by atoms with Crippen LogP contribution in [0.4, 0.5) is 4.39 Å². The van der Waals surface area contributed by atoms with Crippen LogP contribution < -0.4 is 5.32 Å². The van der Waals surface area contributed by atoms with Gasteiger partial charge in [-0.3, -0.25) is 0 Å². The Bertz CT molecular complexity index is 557. The molecule has 100 valence electrons. The van der Waals surface area contributed by atoms with E-state index in [-0.39, 0.29) is 11.9 Å². The Balaban J connectivity index is 2.02. The summed E-state index contributed by atoms with van der Waals surface area (Å²) in [6, 6.07) is 12.7. The van der Waals surface area contributed by atoms with Crippen molar-refractivity contribution < 1.29 is 4.39 Å². The van der Waals surface area contributed by atoms with Crippen molar-refractivity contribution in [3.8, 4) is 0 Å². The van der Waals surface area contributed by atoms with Gasteiger partial charge in [-0.1, -0.05) is 39.7 Å². The van der Waals surface area contributed by atoms with Crippen LogP contribution >= 0.6 is 27.5 Å². The molecule has 0 spiro atoms. The molecule has 0 aromatic heterocycles. The predicted molar refractivity (Wildman–Crippen MR) is 80.8 cm³/mol. The Hall–Kier alpha value is -0.900. The highest BCUT2D eigenvalue weighted by Gasteiger charge is 2.07. The second-order valence-electron chi connectivity index (χ2n) is 4.39. The standard InChI is InChI=1S/C15H14BrClFN/c1-10(11-2-4-13(16)5-3-11)19-9-12-8-14(18)6-7-15(12)17/h2-8,10,19H,9H2,1H3. The highest BCUT2D eigenvalue weighted by atomic mass is 79.9. The van der Waals surface area contributed by atoms with Crippen LogP contribution in [0.3, 0.4) is 0 Å². The third-order valence-electron chi connectivity index (χ3n) is 2.98. The Morgan fingerprint density at radius 2 is 1.89 bits per heavy atom. The molecular weight excluding hydrogens is 329 g/mol. The molecular formula is C15H14BrClFN. The zero-order valence-electron chi connectivity index (χ0n) is 10.5. The van der Waals surface area contributed by atoms with Gasteiger partial charge < -0.3 is 5.32 Å². The van der Waals surface area contributed by atoms with Gasteiger partial charge in [0.2, 0.25) is 0 Å². The van der Waals surface area contributed by atoms with E-state index in [1.807, 2.05) is 12.1 Å². The fourth-order valence-electron chi connectivity index (χ4n) is 1.81. The Morgan fingerprint density at radius 3 is 2.58 bits per heavy atom. The fraction of sp³-hybridized carbons (Fsp3) is 0.200. The monoisotopic (exact) mass is 341 g/mol. The number of benzene rings is 2. The molecule has 0 amide bonds. The van der Waals surface area contributed by atoms with Crippen LogP contribution in [0.2, 0.25) is 5.02 Å². The van der Waals surface area contributed by atoms with E-state index in [0.29, 0.717) is 11.6 Å². The minimum absolute atomic E-state index is 0.174. The van der Waals surface area contributed by atoms with E-state index >= 15 is 0 Å². The van der Waals surface area contributed by atoms with Crippen molar-refractivity contribution in [3.05, 3.63) is 68.9 Å². The minimum Gasteiger partial charge on any atom is -0.306 e. The number of hydrogen-bond acceptors (Lipinski definition) is 1. The van der Waals surface area contributed by atoms with Crippen LogP contribution in [-0.4, -0.2) is 0 Å². The van der Waals surface area contributed by atoms with E-state index in [1.54, 1.807) is 6.07 Å². The fourth-order valence-corrected chi connectivity index (χ4v) is 2.26. The molecule has 19 heavy (non-hydrogen) atoms. The Labute approximate surface area is 125 Å². The largest absolute Gasteiger partial charge is 0.306 e. The average Bonchev–Trinajstić information content (AvgIpc) is 2.40. The molecule has 0 heterocycles. The number of nitrogens with one attached hydrogen (secondary N) is 1. The highest BCUT2D eigenvalue weighted by Crippen LogP contribution is 2.20. The summed E-state index contributed by atoms with van der Waals surface area (Å²) in [6.07, 6.45) is 0. The van der Waals surface area contributed by atoms with Crippen molar-refractivity contribution in [1.29, 1.82) is 0 Å². The van der Waals surface area contributed by atoms with E-state index < -0.39 is 0 Å². The molecule has 0 aliphatic carbocycles. The summed E-state index contributed by atoms with van der Waals surface area (Å²) in [4.78, 5) is 0. The van der Waals surface area contributed by atoms with E-state index in [9.17, 15) is 4.39 Å². The molecule has 0 saturated carbocycles. The molecule has 0 radical (unpaired) electrons. The first-order valence-electron chi connectivity index (χ1n) is 5.99. The molecule has 2 aromatic carbocycles. The van der Waals surface area contributed by atoms with Gasteiger partial charge >= 0.3 is 0 Å². The molecule has 0 aliphatic rings. The summed E-state index contributed by atoms with van der Waals surface area (Å²) in [5.41, 5.74) is 1.95. The van der Waals surface area contributed by atoms with Crippen LogP contribution in [0, 0.1) is 5.82 Å². The lowest BCUT2D eigenvalue weighted by Gasteiger charge is -2.15. The lowest BCUT2D eigenvalue weighted by Crippen LogP contribution is -2.18. The van der Waals surface area contributed by atoms with Crippen molar-refractivity contribution in [2.24, 2.45) is 0 Å². The summed E-state index contributed by atoms with van der Waals surface area (Å²) >= 11 is 9.44. The van der Waals surface area contributed by atoms with Crippen molar-refractivity contribution >= 4 is 27.5 Å². The zero-order valence-corrected chi connectivity index (χ0v) is 12.8. The molecule has 4 heteroatoms. The molecule has 1 atom stereocenters. The Morgan fingerprint density at radius 1 is 1.21 bits per heavy atom. The minimum atomic E-state index is -0.266. The third kappa shape index (κ3) is 4.03. The van der Waals surface area contributed by atoms with Crippen molar-refractivity contribution in [2.75, 3.05) is 0 Å². The average molecular weight is 343 g/mol. The molecule has 0 saturated heterocycles. The molecule has 0 aliphatic heterocycles. The highest BCUT2D eigenvalue weighted by molar-refractivity contribution is 9.10. The van der Waals surface area contributed by atoms with Crippen LogP contribution in [0.1, 0.15) is 24.1 Å². The van der Waals surface area contributed by atoms with E-state index in [0.717, 1.165) is 10.0 Å². The smallest absolute Gasteiger partial charge is 0.123 e. The molecule has 1 N–H and O–H groups in total. The molecule has 2 rings (SSSR count). The summed E-state index contributed by atoms with van der Waals surface area (Å²) < 4.78 is 14.2. The first-order valence-corrected chi connectivity index (χ1v) is 7.16. The molecule has 0 bridgehead atoms. The van der Waals surface area contributed by atoms with E-state index in [1.165, 1.54) is 17.7 Å². The summed E-state index contributed by atoms with van der Waals surface area (Å²) in [7, 11) is 0. The maximum absolute atomic E-state index is 13.1. The molecule has 1 unspecified atom stereocenters. The lowest BCUT2D eigenvalue weighted by molar-refractivity contribution is 0.569. The maximum atomic E-state index is 13.1. The van der Waals surface area contributed by atoms with Gasteiger partial charge in [0, 0.05) is 22.1 Å². The SMILES string of the molecule is CC(NCc1cc(F)ccc1Cl)c1ccc(Br)cc1. The molecule has 0 fully saturated rings. The number of hydrogen-bond donors (Lipinski definition) is 1. The number of rotatable bonds is 4. The third-order valence-corrected chi connectivity index (χ3v) is 3.87. The van der Waals surface area contributed by atoms with Gasteiger partial charge in [0.1, 0.15) is 5.82 Å². The van der Waals surface area contributed by atoms with Crippen molar-refractivity contribution in [3.63, 3.8) is 0 Å². The first kappa shape index (κ1) is 14.5. The second-order valence-corrected chi connectivity index (χ2v) is 5.71. The van der Waals surface area contributed by atoms with Crippen LogP contribution in [0.5, 0.6) is 0 Å². The van der Waals surface area contributed by atoms with Gasteiger partial charge in [-0.05, 0) is 48.4 Å². The van der Waals surface area contributed by atoms with Crippen molar-refractivity contribution in [2.45, 2.75) is 19.5 Å². The summed E-state index contributed by atoms with van der Waals surface area (Å²) in [5.74, 6) is -0.266. The molecule has 2 aromatic rings. The number of halogens is 3. The quantitative estimate of drug-likeness (QED) is 0.816. The maximum Gasteiger partial charge on any atom is 0.123 e. The van der Waals surface area contributed by atoms with Gasteiger partial charge in [-0.2, -0.15) is 0 Å². The van der Waals surface area contributed by atoms with Gasteiger partial charge in [-0.25, -0.2) is 4.39 Å². The van der Waals surface area contributed by atoms with Gasteiger partial charge in [0.15, 0.2) is 0 Å². The normalized spacial score (nSPS) is 12.4. The van der Waals surface area contributed by atoms with E-state index in [2.05, 4.69) is 40.3 Å². The van der Waals surface area contributed by atoms with Crippen LogP contribution in [0.15, 0.2) is 46.9 Å². The second kappa shape index (κ2) is 6.51. The van der Waals surface area contributed by atoms with Gasteiger partial charge in [0.05, 0.1) is 0 Å². The first-order chi connectivity index (χ1) is 9.06. The van der Waals surface area contributed by atoms with Crippen molar-refractivity contribution in [1.82, 2.24) is 5.32 Å². The van der Waals surface area contributed by atoms with Gasteiger partial charge in [-0.15, -0.1) is 0 Å². The predicted octanol–water partition coefficient (Wildman–Crippen LogP) is 5.09. The zero-order chi connectivity index (χ0) is 13.8. The van der Waals surface area contributed by atoms with E-state index in [4.69, 9.17) is 11.6 Å². The van der Waals surface area contributed by atoms with Gasteiger partial charge in [0.25, 0.3) is 0 Å².